The molecule has 0 saturated heterocycles. The van der Waals surface area contributed by atoms with E-state index in [2.05, 4.69) is 4.98 Å². The molecule has 1 aromatic heterocycles. The van der Waals surface area contributed by atoms with Crippen LogP contribution in [0.4, 0.5) is 0 Å². The van der Waals surface area contributed by atoms with E-state index in [1.54, 1.807) is 12.1 Å². The Hall–Kier alpha value is -2.19. The Morgan fingerprint density at radius 1 is 1.00 bits per heavy atom. The minimum atomic E-state index is 0.548. The molecule has 0 amide bonds. The third-order valence-electron chi connectivity index (χ3n) is 3.01. The van der Waals surface area contributed by atoms with E-state index in [-0.39, 0.29) is 0 Å². The largest absolute Gasteiger partial charge is 0.298 e. The summed E-state index contributed by atoms with van der Waals surface area (Å²) in [6.45, 7) is 0. The lowest BCUT2D eigenvalue weighted by molar-refractivity contribution is 0.112. The van der Waals surface area contributed by atoms with Crippen LogP contribution in [-0.4, -0.2) is 11.3 Å². The number of aldehydes is 1. The Morgan fingerprint density at radius 3 is 2.68 bits per heavy atom. The standard InChI is InChI=1S/C16H10ClNO/c17-13-6-7-14(12(9-13)10-19)16-8-5-11-3-1-2-4-15(11)18-16/h1-10H. The summed E-state index contributed by atoms with van der Waals surface area (Å²) in [7, 11) is 0. The lowest BCUT2D eigenvalue weighted by Crippen LogP contribution is -1.91. The molecule has 0 atom stereocenters. The van der Waals surface area contributed by atoms with Crippen molar-refractivity contribution in [1.82, 2.24) is 4.98 Å². The fourth-order valence-electron chi connectivity index (χ4n) is 2.08. The van der Waals surface area contributed by atoms with E-state index < -0.39 is 0 Å². The van der Waals surface area contributed by atoms with Crippen molar-refractivity contribution in [3.05, 3.63) is 65.2 Å². The van der Waals surface area contributed by atoms with E-state index in [0.29, 0.717) is 10.6 Å². The second kappa shape index (κ2) is 4.82. The molecular weight excluding hydrogens is 258 g/mol. The van der Waals surface area contributed by atoms with Gasteiger partial charge in [0.05, 0.1) is 11.2 Å². The number of fused-ring (bicyclic) bond motifs is 1. The second-order valence-corrected chi connectivity index (χ2v) is 4.68. The number of carbonyl (C=O) groups excluding carboxylic acids is 1. The summed E-state index contributed by atoms with van der Waals surface area (Å²) in [5.74, 6) is 0. The number of aromatic nitrogens is 1. The highest BCUT2D eigenvalue weighted by atomic mass is 35.5. The van der Waals surface area contributed by atoms with Crippen LogP contribution >= 0.6 is 11.6 Å². The molecule has 2 aromatic carbocycles. The smallest absolute Gasteiger partial charge is 0.150 e. The first-order valence-electron chi connectivity index (χ1n) is 5.89. The molecule has 3 heteroatoms. The van der Waals surface area contributed by atoms with Crippen LogP contribution in [0.5, 0.6) is 0 Å². The molecule has 0 spiro atoms. The van der Waals surface area contributed by atoms with Gasteiger partial charge in [-0.05, 0) is 24.3 Å². The zero-order valence-electron chi connectivity index (χ0n) is 10.0. The van der Waals surface area contributed by atoms with Crippen molar-refractivity contribution in [3.63, 3.8) is 0 Å². The van der Waals surface area contributed by atoms with Crippen LogP contribution in [-0.2, 0) is 0 Å². The summed E-state index contributed by atoms with van der Waals surface area (Å²) >= 11 is 5.90. The molecule has 3 rings (SSSR count). The third kappa shape index (κ3) is 2.23. The molecule has 1 heterocycles. The van der Waals surface area contributed by atoms with E-state index in [9.17, 15) is 4.79 Å². The highest BCUT2D eigenvalue weighted by Gasteiger charge is 2.07. The summed E-state index contributed by atoms with van der Waals surface area (Å²) in [4.78, 5) is 15.7. The number of rotatable bonds is 2. The van der Waals surface area contributed by atoms with Crippen molar-refractivity contribution in [2.45, 2.75) is 0 Å². The molecule has 0 aliphatic rings. The van der Waals surface area contributed by atoms with Crippen molar-refractivity contribution >= 4 is 28.8 Å². The van der Waals surface area contributed by atoms with Crippen LogP contribution in [0.3, 0.4) is 0 Å². The Balaban J connectivity index is 2.21. The van der Waals surface area contributed by atoms with Gasteiger partial charge in [0.25, 0.3) is 0 Å². The van der Waals surface area contributed by atoms with E-state index >= 15 is 0 Å². The van der Waals surface area contributed by atoms with E-state index in [1.807, 2.05) is 42.5 Å². The molecule has 0 saturated carbocycles. The first kappa shape index (κ1) is 11.9. The van der Waals surface area contributed by atoms with Gasteiger partial charge in [-0.25, -0.2) is 4.98 Å². The average molecular weight is 268 g/mol. The maximum Gasteiger partial charge on any atom is 0.150 e. The monoisotopic (exact) mass is 267 g/mol. The number of halogens is 1. The van der Waals surface area contributed by atoms with E-state index in [1.165, 1.54) is 0 Å². The van der Waals surface area contributed by atoms with Gasteiger partial charge in [-0.3, -0.25) is 4.79 Å². The van der Waals surface area contributed by atoms with Gasteiger partial charge < -0.3 is 0 Å². The maximum absolute atomic E-state index is 11.1. The SMILES string of the molecule is O=Cc1cc(Cl)ccc1-c1ccc2ccccc2n1. The molecular formula is C16H10ClNO. The summed E-state index contributed by atoms with van der Waals surface area (Å²) in [5.41, 5.74) is 3.03. The second-order valence-electron chi connectivity index (χ2n) is 4.24. The molecule has 0 aliphatic heterocycles. The topological polar surface area (TPSA) is 30.0 Å². The third-order valence-corrected chi connectivity index (χ3v) is 3.25. The van der Waals surface area contributed by atoms with Crippen molar-refractivity contribution in [2.75, 3.05) is 0 Å². The first-order valence-corrected chi connectivity index (χ1v) is 6.26. The predicted octanol–water partition coefficient (Wildman–Crippen LogP) is 4.37. The lowest BCUT2D eigenvalue weighted by Gasteiger charge is -2.06. The highest BCUT2D eigenvalue weighted by Crippen LogP contribution is 2.25. The van der Waals surface area contributed by atoms with Gasteiger partial charge in [-0.15, -0.1) is 0 Å². The van der Waals surface area contributed by atoms with Gasteiger partial charge in [0.2, 0.25) is 0 Å². The molecule has 0 N–H and O–H groups in total. The van der Waals surface area contributed by atoms with Crippen molar-refractivity contribution < 1.29 is 4.79 Å². The number of nitrogens with zero attached hydrogens (tertiary/aromatic N) is 1. The maximum atomic E-state index is 11.1. The summed E-state index contributed by atoms with van der Waals surface area (Å²) < 4.78 is 0. The zero-order chi connectivity index (χ0) is 13.2. The zero-order valence-corrected chi connectivity index (χ0v) is 10.8. The number of carbonyl (C=O) groups is 1. The van der Waals surface area contributed by atoms with Gasteiger partial charge in [-0.2, -0.15) is 0 Å². The molecule has 0 unspecified atom stereocenters. The van der Waals surface area contributed by atoms with Gasteiger partial charge in [0, 0.05) is 21.5 Å². The Kier molecular flexibility index (Phi) is 3.02. The van der Waals surface area contributed by atoms with Crippen LogP contribution in [0.1, 0.15) is 10.4 Å². The average Bonchev–Trinajstić information content (AvgIpc) is 2.46. The van der Waals surface area contributed by atoms with Crippen LogP contribution < -0.4 is 0 Å². The number of pyridine rings is 1. The van der Waals surface area contributed by atoms with Crippen molar-refractivity contribution in [3.8, 4) is 11.3 Å². The molecule has 0 radical (unpaired) electrons. The van der Waals surface area contributed by atoms with Crippen LogP contribution in [0.25, 0.3) is 22.2 Å². The lowest BCUT2D eigenvalue weighted by atomic mass is 10.0. The molecule has 0 aliphatic carbocycles. The number of para-hydroxylation sites is 1. The van der Waals surface area contributed by atoms with Gasteiger partial charge in [-0.1, -0.05) is 41.9 Å². The summed E-state index contributed by atoms with van der Waals surface area (Å²) in [6.07, 6.45) is 0.804. The molecule has 92 valence electrons. The molecule has 3 aromatic rings. The number of benzene rings is 2. The normalized spacial score (nSPS) is 10.6. The highest BCUT2D eigenvalue weighted by molar-refractivity contribution is 6.31. The van der Waals surface area contributed by atoms with Crippen LogP contribution in [0.2, 0.25) is 5.02 Å². The van der Waals surface area contributed by atoms with Gasteiger partial charge in [0.15, 0.2) is 6.29 Å². The number of hydrogen-bond donors (Lipinski definition) is 0. The van der Waals surface area contributed by atoms with E-state index in [4.69, 9.17) is 11.6 Å². The summed E-state index contributed by atoms with van der Waals surface area (Å²) in [6, 6.07) is 17.0. The molecule has 19 heavy (non-hydrogen) atoms. The molecule has 2 nitrogen and oxygen atoms in total. The fraction of sp³-hybridized carbons (Fsp3) is 0. The van der Waals surface area contributed by atoms with Gasteiger partial charge >= 0.3 is 0 Å². The van der Waals surface area contributed by atoms with Crippen LogP contribution in [0, 0.1) is 0 Å². The Labute approximate surface area is 115 Å². The Morgan fingerprint density at radius 2 is 1.84 bits per heavy atom. The predicted molar refractivity (Wildman–Crippen MR) is 77.6 cm³/mol. The molecule has 0 bridgehead atoms. The van der Waals surface area contributed by atoms with Crippen molar-refractivity contribution in [1.29, 1.82) is 0 Å². The quantitative estimate of drug-likeness (QED) is 0.646. The first-order chi connectivity index (χ1) is 9.28. The molecule has 0 fully saturated rings. The van der Waals surface area contributed by atoms with Gasteiger partial charge in [0.1, 0.15) is 0 Å². The van der Waals surface area contributed by atoms with E-state index in [0.717, 1.165) is 28.4 Å². The van der Waals surface area contributed by atoms with Crippen molar-refractivity contribution in [2.24, 2.45) is 0 Å². The fourth-order valence-corrected chi connectivity index (χ4v) is 2.26. The number of hydrogen-bond acceptors (Lipinski definition) is 2. The Bertz CT molecular complexity index is 768. The minimum absolute atomic E-state index is 0.548. The summed E-state index contributed by atoms with van der Waals surface area (Å²) in [5, 5.41) is 1.62. The van der Waals surface area contributed by atoms with Crippen LogP contribution in [0.15, 0.2) is 54.6 Å². The minimum Gasteiger partial charge on any atom is -0.298 e.